The molecule has 0 bridgehead atoms. The fourth-order valence-electron chi connectivity index (χ4n) is 2.00. The minimum atomic E-state index is 0.476. The van der Waals surface area contributed by atoms with Crippen LogP contribution in [-0.4, -0.2) is 41.5 Å². The van der Waals surface area contributed by atoms with E-state index in [9.17, 15) is 4.79 Å². The Morgan fingerprint density at radius 1 is 1.53 bits per heavy atom. The van der Waals surface area contributed by atoms with Gasteiger partial charge in [-0.1, -0.05) is 0 Å². The van der Waals surface area contributed by atoms with Gasteiger partial charge in [0.05, 0.1) is 10.2 Å². The molecule has 0 aromatic carbocycles. The molecule has 82 valence electrons. The number of hydrogen-bond donors (Lipinski definition) is 1. The van der Waals surface area contributed by atoms with Crippen molar-refractivity contribution in [2.24, 2.45) is 0 Å². The van der Waals surface area contributed by atoms with Crippen molar-refractivity contribution < 1.29 is 4.79 Å². The summed E-state index contributed by atoms with van der Waals surface area (Å²) in [7, 11) is 2.13. The molecule has 2 heterocycles. The zero-order valence-electron chi connectivity index (χ0n) is 8.66. The van der Waals surface area contributed by atoms with Crippen molar-refractivity contribution in [3.05, 3.63) is 15.9 Å². The summed E-state index contributed by atoms with van der Waals surface area (Å²) in [4.78, 5) is 13.0. The van der Waals surface area contributed by atoms with Crippen LogP contribution in [0.25, 0.3) is 0 Å². The number of likely N-dealkylation sites (tertiary alicyclic amines) is 1. The third-order valence-corrected chi connectivity index (χ3v) is 3.83. The number of H-pyrrole nitrogens is 1. The van der Waals surface area contributed by atoms with Crippen LogP contribution >= 0.6 is 15.9 Å². The van der Waals surface area contributed by atoms with Gasteiger partial charge in [0.2, 0.25) is 0 Å². The molecule has 1 aromatic heterocycles. The number of carbonyl (C=O) groups excluding carboxylic acids is 1. The average Bonchev–Trinajstić information content (AvgIpc) is 2.61. The van der Waals surface area contributed by atoms with E-state index in [1.165, 1.54) is 0 Å². The van der Waals surface area contributed by atoms with E-state index in [1.54, 1.807) is 0 Å². The summed E-state index contributed by atoms with van der Waals surface area (Å²) in [6, 6.07) is 0. The third kappa shape index (κ3) is 2.13. The van der Waals surface area contributed by atoms with Crippen LogP contribution in [0.15, 0.2) is 4.47 Å². The molecule has 1 aromatic rings. The number of nitrogens with zero attached hydrogens (tertiary/aromatic N) is 2. The highest BCUT2D eigenvalue weighted by Gasteiger charge is 2.23. The molecule has 2 rings (SSSR count). The molecule has 1 fully saturated rings. The lowest BCUT2D eigenvalue weighted by molar-refractivity contribution is 0.111. The van der Waals surface area contributed by atoms with Gasteiger partial charge in [-0.25, -0.2) is 0 Å². The molecule has 0 amide bonds. The number of hydrogen-bond acceptors (Lipinski definition) is 3. The zero-order chi connectivity index (χ0) is 10.8. The summed E-state index contributed by atoms with van der Waals surface area (Å²) in [6.07, 6.45) is 3.02. The molecule has 0 radical (unpaired) electrons. The van der Waals surface area contributed by atoms with Gasteiger partial charge in [0.1, 0.15) is 5.69 Å². The normalized spacial score (nSPS) is 19.3. The van der Waals surface area contributed by atoms with Crippen LogP contribution in [0.1, 0.15) is 34.9 Å². The molecule has 0 atom stereocenters. The maximum atomic E-state index is 10.7. The summed E-state index contributed by atoms with van der Waals surface area (Å²) in [6.45, 7) is 2.21. The summed E-state index contributed by atoms with van der Waals surface area (Å²) in [5.74, 6) is 0.497. The van der Waals surface area contributed by atoms with Crippen LogP contribution in [0.4, 0.5) is 0 Å². The maximum absolute atomic E-state index is 10.7. The largest absolute Gasteiger partial charge is 0.306 e. The number of aldehydes is 1. The fraction of sp³-hybridized carbons (Fsp3) is 0.600. The molecule has 15 heavy (non-hydrogen) atoms. The van der Waals surface area contributed by atoms with Crippen molar-refractivity contribution in [2.75, 3.05) is 20.1 Å². The minimum Gasteiger partial charge on any atom is -0.306 e. The van der Waals surface area contributed by atoms with Gasteiger partial charge in [0, 0.05) is 5.92 Å². The number of carbonyl (C=O) groups is 1. The van der Waals surface area contributed by atoms with Gasteiger partial charge in [0.15, 0.2) is 6.29 Å². The molecule has 0 saturated carbocycles. The Balaban J connectivity index is 2.15. The Bertz CT molecular complexity index is 356. The predicted octanol–water partition coefficient (Wildman–Crippen LogP) is 1.79. The van der Waals surface area contributed by atoms with Crippen molar-refractivity contribution in [2.45, 2.75) is 18.8 Å². The first-order valence-corrected chi connectivity index (χ1v) is 5.89. The van der Waals surface area contributed by atoms with E-state index < -0.39 is 0 Å². The Kier molecular flexibility index (Phi) is 3.21. The molecule has 0 unspecified atom stereocenters. The zero-order valence-corrected chi connectivity index (χ0v) is 10.2. The van der Waals surface area contributed by atoms with Crippen LogP contribution in [0.2, 0.25) is 0 Å². The Labute approximate surface area is 97.2 Å². The van der Waals surface area contributed by atoms with Crippen LogP contribution in [0.5, 0.6) is 0 Å². The second kappa shape index (κ2) is 4.45. The van der Waals surface area contributed by atoms with E-state index in [1.807, 2.05) is 0 Å². The lowest BCUT2D eigenvalue weighted by atomic mass is 9.94. The SMILES string of the molecule is CN1CCC(c2[nH]nc(C=O)c2Br)CC1. The monoisotopic (exact) mass is 271 g/mol. The first-order valence-electron chi connectivity index (χ1n) is 5.10. The summed E-state index contributed by atoms with van der Waals surface area (Å²) in [5.41, 5.74) is 1.55. The molecule has 0 spiro atoms. The Morgan fingerprint density at radius 2 is 2.20 bits per heavy atom. The van der Waals surface area contributed by atoms with Crippen molar-refractivity contribution in [1.82, 2.24) is 15.1 Å². The van der Waals surface area contributed by atoms with Crippen LogP contribution in [-0.2, 0) is 0 Å². The first kappa shape index (κ1) is 10.8. The van der Waals surface area contributed by atoms with Crippen molar-refractivity contribution in [3.8, 4) is 0 Å². The van der Waals surface area contributed by atoms with E-state index in [2.05, 4.69) is 38.1 Å². The van der Waals surface area contributed by atoms with Crippen LogP contribution in [0.3, 0.4) is 0 Å². The molecular weight excluding hydrogens is 258 g/mol. The number of piperidine rings is 1. The molecule has 0 aliphatic carbocycles. The molecule has 5 heteroatoms. The molecule has 1 aliphatic rings. The highest BCUT2D eigenvalue weighted by Crippen LogP contribution is 2.32. The van der Waals surface area contributed by atoms with Gasteiger partial charge in [-0.3, -0.25) is 9.89 Å². The number of aromatic nitrogens is 2. The summed E-state index contributed by atoms with van der Waals surface area (Å²) >= 11 is 3.42. The van der Waals surface area contributed by atoms with Gasteiger partial charge in [-0.05, 0) is 48.9 Å². The quantitative estimate of drug-likeness (QED) is 0.835. The van der Waals surface area contributed by atoms with E-state index in [4.69, 9.17) is 0 Å². The Hall–Kier alpha value is -0.680. The molecule has 1 aliphatic heterocycles. The minimum absolute atomic E-state index is 0.476. The van der Waals surface area contributed by atoms with Gasteiger partial charge < -0.3 is 4.90 Å². The predicted molar refractivity (Wildman–Crippen MR) is 61.1 cm³/mol. The maximum Gasteiger partial charge on any atom is 0.171 e. The number of halogens is 1. The summed E-state index contributed by atoms with van der Waals surface area (Å²) in [5, 5.41) is 6.94. The molecular formula is C10H14BrN3O. The smallest absolute Gasteiger partial charge is 0.171 e. The fourth-order valence-corrected chi connectivity index (χ4v) is 2.60. The topological polar surface area (TPSA) is 49.0 Å². The highest BCUT2D eigenvalue weighted by atomic mass is 79.9. The standard InChI is InChI=1S/C10H14BrN3O/c1-14-4-2-7(3-5-14)10-9(11)8(6-15)12-13-10/h6-7H,2-5H2,1H3,(H,12,13). The lowest BCUT2D eigenvalue weighted by Crippen LogP contribution is -2.29. The van der Waals surface area contributed by atoms with E-state index in [0.717, 1.165) is 42.4 Å². The third-order valence-electron chi connectivity index (χ3n) is 3.00. The highest BCUT2D eigenvalue weighted by molar-refractivity contribution is 9.10. The lowest BCUT2D eigenvalue weighted by Gasteiger charge is -2.28. The number of nitrogens with one attached hydrogen (secondary N) is 1. The summed E-state index contributed by atoms with van der Waals surface area (Å²) < 4.78 is 0.840. The van der Waals surface area contributed by atoms with Crippen molar-refractivity contribution in [3.63, 3.8) is 0 Å². The van der Waals surface area contributed by atoms with Gasteiger partial charge in [-0.2, -0.15) is 5.10 Å². The number of rotatable bonds is 2. The van der Waals surface area contributed by atoms with Gasteiger partial charge in [0.25, 0.3) is 0 Å². The average molecular weight is 272 g/mol. The number of aromatic amines is 1. The van der Waals surface area contributed by atoms with Gasteiger partial charge in [-0.15, -0.1) is 0 Å². The molecule has 1 N–H and O–H groups in total. The molecule has 4 nitrogen and oxygen atoms in total. The van der Waals surface area contributed by atoms with E-state index >= 15 is 0 Å². The van der Waals surface area contributed by atoms with E-state index in [-0.39, 0.29) is 0 Å². The second-order valence-corrected chi connectivity index (χ2v) is 4.82. The second-order valence-electron chi connectivity index (χ2n) is 4.03. The Morgan fingerprint density at radius 3 is 2.73 bits per heavy atom. The van der Waals surface area contributed by atoms with Crippen molar-refractivity contribution in [1.29, 1.82) is 0 Å². The van der Waals surface area contributed by atoms with Crippen molar-refractivity contribution >= 4 is 22.2 Å². The van der Waals surface area contributed by atoms with E-state index in [0.29, 0.717) is 11.6 Å². The first-order chi connectivity index (χ1) is 7.22. The molecule has 1 saturated heterocycles. The van der Waals surface area contributed by atoms with Crippen LogP contribution in [0, 0.1) is 0 Å². The van der Waals surface area contributed by atoms with Gasteiger partial charge >= 0.3 is 0 Å². The van der Waals surface area contributed by atoms with Crippen LogP contribution < -0.4 is 0 Å².